The maximum atomic E-state index is 4.08. The maximum absolute atomic E-state index is 4.08. The second-order valence-electron chi connectivity index (χ2n) is 2.82. The molecule has 0 aliphatic rings. The van der Waals surface area contributed by atoms with Crippen molar-refractivity contribution in [3.05, 3.63) is 30.5 Å². The summed E-state index contributed by atoms with van der Waals surface area (Å²) in [7, 11) is 0. The fourth-order valence-corrected chi connectivity index (χ4v) is 1.55. The molecule has 0 bridgehead atoms. The molecule has 0 atom stereocenters. The van der Waals surface area contributed by atoms with Crippen LogP contribution in [0, 0.1) is 0 Å². The lowest BCUT2D eigenvalue weighted by atomic mass is 10.2. The molecular weight excluding hydrogens is 150 g/mol. The summed E-state index contributed by atoms with van der Waals surface area (Å²) < 4.78 is 0. The minimum atomic E-state index is 0.927. The van der Waals surface area contributed by atoms with Gasteiger partial charge in [0.25, 0.3) is 0 Å². The molecule has 0 saturated heterocycles. The highest BCUT2D eigenvalue weighted by atomic mass is 15.1. The van der Waals surface area contributed by atoms with E-state index in [0.717, 1.165) is 16.6 Å². The molecular formula is C9H7N3. The standard InChI is InChI=1S/C9H7N3/c1-2-4-8-6(3-1)7-5-10-12-9(7)11-8/h1-5H,(H2,10,11,12). The summed E-state index contributed by atoms with van der Waals surface area (Å²) >= 11 is 0. The number of aromatic amines is 2. The van der Waals surface area contributed by atoms with Crippen molar-refractivity contribution in [3.8, 4) is 0 Å². The summed E-state index contributed by atoms with van der Waals surface area (Å²) in [5.74, 6) is 0. The Morgan fingerprint density at radius 1 is 1.08 bits per heavy atom. The number of fused-ring (bicyclic) bond motifs is 3. The van der Waals surface area contributed by atoms with E-state index in [9.17, 15) is 0 Å². The normalized spacial score (nSPS) is 11.3. The van der Waals surface area contributed by atoms with Crippen LogP contribution in [0.4, 0.5) is 0 Å². The Morgan fingerprint density at radius 3 is 3.00 bits per heavy atom. The fourth-order valence-electron chi connectivity index (χ4n) is 1.55. The number of para-hydroxylation sites is 1. The van der Waals surface area contributed by atoms with E-state index in [1.807, 2.05) is 18.3 Å². The molecule has 12 heavy (non-hydrogen) atoms. The van der Waals surface area contributed by atoms with Gasteiger partial charge in [0.05, 0.1) is 0 Å². The number of rotatable bonds is 0. The first-order valence-electron chi connectivity index (χ1n) is 3.85. The second kappa shape index (κ2) is 1.88. The molecule has 3 rings (SSSR count). The minimum Gasteiger partial charge on any atom is -0.338 e. The van der Waals surface area contributed by atoms with Crippen molar-refractivity contribution in [2.75, 3.05) is 0 Å². The Hall–Kier alpha value is -1.77. The third-order valence-corrected chi connectivity index (χ3v) is 2.11. The van der Waals surface area contributed by atoms with Gasteiger partial charge in [0.15, 0.2) is 5.65 Å². The first kappa shape index (κ1) is 5.83. The molecule has 0 amide bonds. The number of benzene rings is 1. The zero-order valence-electron chi connectivity index (χ0n) is 6.33. The van der Waals surface area contributed by atoms with Gasteiger partial charge in [-0.15, -0.1) is 0 Å². The van der Waals surface area contributed by atoms with Crippen molar-refractivity contribution in [3.63, 3.8) is 0 Å². The first-order valence-corrected chi connectivity index (χ1v) is 3.85. The van der Waals surface area contributed by atoms with E-state index < -0.39 is 0 Å². The third-order valence-electron chi connectivity index (χ3n) is 2.11. The summed E-state index contributed by atoms with van der Waals surface area (Å²) in [5.41, 5.74) is 2.07. The number of H-pyrrole nitrogens is 2. The zero-order chi connectivity index (χ0) is 7.97. The Labute approximate surface area is 68.4 Å². The quantitative estimate of drug-likeness (QED) is 0.515. The Bertz CT molecular complexity index is 532. The van der Waals surface area contributed by atoms with Gasteiger partial charge in [-0.05, 0) is 6.07 Å². The monoisotopic (exact) mass is 157 g/mol. The van der Waals surface area contributed by atoms with Crippen LogP contribution in [0.3, 0.4) is 0 Å². The van der Waals surface area contributed by atoms with E-state index in [1.54, 1.807) is 0 Å². The van der Waals surface area contributed by atoms with Crippen molar-refractivity contribution in [2.24, 2.45) is 0 Å². The van der Waals surface area contributed by atoms with Crippen LogP contribution >= 0.6 is 0 Å². The average Bonchev–Trinajstić information content (AvgIpc) is 2.62. The number of nitrogens with one attached hydrogen (secondary N) is 2. The molecule has 2 N–H and O–H groups in total. The lowest BCUT2D eigenvalue weighted by molar-refractivity contribution is 1.10. The number of aromatic nitrogens is 3. The van der Waals surface area contributed by atoms with Gasteiger partial charge in [0.2, 0.25) is 0 Å². The molecule has 3 aromatic rings. The lowest BCUT2D eigenvalue weighted by Gasteiger charge is -1.85. The van der Waals surface area contributed by atoms with Crippen LogP contribution in [-0.4, -0.2) is 15.2 Å². The van der Waals surface area contributed by atoms with E-state index in [4.69, 9.17) is 0 Å². The van der Waals surface area contributed by atoms with Crippen molar-refractivity contribution in [1.29, 1.82) is 0 Å². The van der Waals surface area contributed by atoms with Gasteiger partial charge in [-0.3, -0.25) is 5.10 Å². The fraction of sp³-hybridized carbons (Fsp3) is 0. The zero-order valence-corrected chi connectivity index (χ0v) is 6.33. The van der Waals surface area contributed by atoms with Gasteiger partial charge < -0.3 is 4.98 Å². The summed E-state index contributed by atoms with van der Waals surface area (Å²) in [6.07, 6.45) is 1.91. The van der Waals surface area contributed by atoms with Gasteiger partial charge in [-0.2, -0.15) is 5.10 Å². The largest absolute Gasteiger partial charge is 0.338 e. The third kappa shape index (κ3) is 0.580. The van der Waals surface area contributed by atoms with Gasteiger partial charge >= 0.3 is 0 Å². The van der Waals surface area contributed by atoms with E-state index in [-0.39, 0.29) is 0 Å². The number of hydrogen-bond donors (Lipinski definition) is 2. The summed E-state index contributed by atoms with van der Waals surface area (Å²) in [4.78, 5) is 3.22. The highest BCUT2D eigenvalue weighted by molar-refractivity contribution is 6.05. The highest BCUT2D eigenvalue weighted by Gasteiger charge is 2.03. The number of hydrogen-bond acceptors (Lipinski definition) is 1. The van der Waals surface area contributed by atoms with E-state index in [0.29, 0.717) is 0 Å². The SMILES string of the molecule is c1ccc2c(c1)[nH]c1n[nH]cc12. The minimum absolute atomic E-state index is 0.927. The molecule has 58 valence electrons. The molecule has 0 unspecified atom stereocenters. The van der Waals surface area contributed by atoms with Crippen molar-refractivity contribution < 1.29 is 0 Å². The molecule has 0 spiro atoms. The van der Waals surface area contributed by atoms with Crippen LogP contribution in [-0.2, 0) is 0 Å². The van der Waals surface area contributed by atoms with E-state index >= 15 is 0 Å². The molecule has 3 nitrogen and oxygen atoms in total. The van der Waals surface area contributed by atoms with Crippen molar-refractivity contribution in [2.45, 2.75) is 0 Å². The van der Waals surface area contributed by atoms with E-state index in [1.165, 1.54) is 5.39 Å². The van der Waals surface area contributed by atoms with Gasteiger partial charge in [0, 0.05) is 22.5 Å². The first-order chi connectivity index (χ1) is 5.95. The van der Waals surface area contributed by atoms with Crippen molar-refractivity contribution in [1.82, 2.24) is 15.2 Å². The van der Waals surface area contributed by atoms with Crippen LogP contribution in [0.15, 0.2) is 30.5 Å². The van der Waals surface area contributed by atoms with Gasteiger partial charge in [-0.1, -0.05) is 18.2 Å². The summed E-state index contributed by atoms with van der Waals surface area (Å²) in [6.45, 7) is 0. The molecule has 0 radical (unpaired) electrons. The maximum Gasteiger partial charge on any atom is 0.160 e. The Balaban J connectivity index is 2.68. The highest BCUT2D eigenvalue weighted by Crippen LogP contribution is 2.22. The summed E-state index contributed by atoms with van der Waals surface area (Å²) in [6, 6.07) is 8.19. The van der Waals surface area contributed by atoms with Crippen LogP contribution in [0.25, 0.3) is 21.9 Å². The smallest absolute Gasteiger partial charge is 0.160 e. The number of nitrogens with zero attached hydrogens (tertiary/aromatic N) is 1. The van der Waals surface area contributed by atoms with Gasteiger partial charge in [-0.25, -0.2) is 0 Å². The molecule has 0 aliphatic carbocycles. The molecule has 1 aromatic carbocycles. The van der Waals surface area contributed by atoms with E-state index in [2.05, 4.69) is 27.3 Å². The van der Waals surface area contributed by atoms with Crippen LogP contribution in [0.5, 0.6) is 0 Å². The molecule has 0 fully saturated rings. The average molecular weight is 157 g/mol. The predicted molar refractivity (Wildman–Crippen MR) is 48.0 cm³/mol. The molecule has 2 heterocycles. The van der Waals surface area contributed by atoms with Gasteiger partial charge in [0.1, 0.15) is 0 Å². The second-order valence-corrected chi connectivity index (χ2v) is 2.82. The Morgan fingerprint density at radius 2 is 2.00 bits per heavy atom. The summed E-state index contributed by atoms with van der Waals surface area (Å²) in [5, 5.41) is 9.29. The Kier molecular flexibility index (Phi) is 0.913. The van der Waals surface area contributed by atoms with Crippen LogP contribution in [0.2, 0.25) is 0 Å². The molecule has 3 heteroatoms. The molecule has 0 saturated carbocycles. The predicted octanol–water partition coefficient (Wildman–Crippen LogP) is 2.04. The van der Waals surface area contributed by atoms with Crippen LogP contribution in [0.1, 0.15) is 0 Å². The lowest BCUT2D eigenvalue weighted by Crippen LogP contribution is -1.68. The van der Waals surface area contributed by atoms with Crippen LogP contribution < -0.4 is 0 Å². The molecule has 2 aromatic heterocycles. The van der Waals surface area contributed by atoms with Crippen molar-refractivity contribution >= 4 is 21.9 Å². The molecule has 0 aliphatic heterocycles. The topological polar surface area (TPSA) is 44.5 Å².